The number of hydrogen-bond donors (Lipinski definition) is 1. The van der Waals surface area contributed by atoms with Crippen LogP contribution in [0, 0.1) is 5.95 Å². The lowest BCUT2D eigenvalue weighted by molar-refractivity contribution is 0.326. The first-order valence-electron chi connectivity index (χ1n) is 4.61. The molecule has 0 saturated carbocycles. The van der Waals surface area contributed by atoms with Crippen LogP contribution in [-0.4, -0.2) is 36.6 Å². The van der Waals surface area contributed by atoms with E-state index in [1.807, 2.05) is 14.1 Å². The normalized spacial score (nSPS) is 12.9. The Hall–Kier alpha value is -1.16. The van der Waals surface area contributed by atoms with E-state index in [1.54, 1.807) is 6.07 Å². The van der Waals surface area contributed by atoms with E-state index < -0.39 is 5.95 Å². The Morgan fingerprint density at radius 2 is 2.29 bits per heavy atom. The van der Waals surface area contributed by atoms with Gasteiger partial charge in [-0.1, -0.05) is 0 Å². The monoisotopic (exact) mass is 197 g/mol. The van der Waals surface area contributed by atoms with Crippen LogP contribution in [0.3, 0.4) is 0 Å². The Balaban J connectivity index is 2.45. The zero-order valence-corrected chi connectivity index (χ0v) is 8.79. The second kappa shape index (κ2) is 4.91. The molecule has 1 aromatic rings. The summed E-state index contributed by atoms with van der Waals surface area (Å²) in [4.78, 5) is 5.59. The SMILES string of the molecule is CC(CNc1ccnc(F)c1)N(C)C. The van der Waals surface area contributed by atoms with Gasteiger partial charge in [-0.15, -0.1) is 0 Å². The summed E-state index contributed by atoms with van der Waals surface area (Å²) in [7, 11) is 4.03. The summed E-state index contributed by atoms with van der Waals surface area (Å²) in [6.07, 6.45) is 1.46. The largest absolute Gasteiger partial charge is 0.383 e. The summed E-state index contributed by atoms with van der Waals surface area (Å²) in [5, 5.41) is 3.14. The van der Waals surface area contributed by atoms with E-state index in [2.05, 4.69) is 22.1 Å². The molecule has 0 radical (unpaired) electrons. The van der Waals surface area contributed by atoms with Crippen molar-refractivity contribution in [3.63, 3.8) is 0 Å². The van der Waals surface area contributed by atoms with Crippen LogP contribution in [0.1, 0.15) is 6.92 Å². The van der Waals surface area contributed by atoms with Gasteiger partial charge in [-0.25, -0.2) is 4.98 Å². The lowest BCUT2D eigenvalue weighted by Gasteiger charge is -2.20. The number of aromatic nitrogens is 1. The van der Waals surface area contributed by atoms with E-state index in [1.165, 1.54) is 12.3 Å². The van der Waals surface area contributed by atoms with Gasteiger partial charge >= 0.3 is 0 Å². The molecule has 0 spiro atoms. The number of nitrogens with one attached hydrogen (secondary N) is 1. The number of anilines is 1. The number of nitrogens with zero attached hydrogens (tertiary/aromatic N) is 2. The molecule has 1 atom stereocenters. The zero-order valence-electron chi connectivity index (χ0n) is 8.79. The molecule has 0 saturated heterocycles. The number of halogens is 1. The smallest absolute Gasteiger partial charge is 0.214 e. The predicted molar refractivity (Wildman–Crippen MR) is 55.8 cm³/mol. The summed E-state index contributed by atoms with van der Waals surface area (Å²) in [5.74, 6) is -0.451. The minimum atomic E-state index is -0.451. The van der Waals surface area contributed by atoms with Gasteiger partial charge in [0.05, 0.1) is 0 Å². The van der Waals surface area contributed by atoms with Gasteiger partial charge in [-0.05, 0) is 27.1 Å². The van der Waals surface area contributed by atoms with Crippen LogP contribution in [0.5, 0.6) is 0 Å². The number of hydrogen-bond acceptors (Lipinski definition) is 3. The van der Waals surface area contributed by atoms with Crippen molar-refractivity contribution in [1.29, 1.82) is 0 Å². The maximum absolute atomic E-state index is 12.7. The maximum Gasteiger partial charge on any atom is 0.214 e. The van der Waals surface area contributed by atoms with Gasteiger partial charge < -0.3 is 10.2 Å². The highest BCUT2D eigenvalue weighted by Gasteiger charge is 2.03. The van der Waals surface area contributed by atoms with E-state index in [0.29, 0.717) is 6.04 Å². The molecule has 0 fully saturated rings. The Morgan fingerprint density at radius 3 is 2.86 bits per heavy atom. The molecule has 1 heterocycles. The highest BCUT2D eigenvalue weighted by atomic mass is 19.1. The molecule has 1 N–H and O–H groups in total. The molecule has 0 aliphatic rings. The predicted octanol–water partition coefficient (Wildman–Crippen LogP) is 1.58. The minimum Gasteiger partial charge on any atom is -0.383 e. The summed E-state index contributed by atoms with van der Waals surface area (Å²) >= 11 is 0. The van der Waals surface area contributed by atoms with Gasteiger partial charge in [-0.2, -0.15) is 4.39 Å². The van der Waals surface area contributed by atoms with E-state index >= 15 is 0 Å². The second-order valence-electron chi connectivity index (χ2n) is 3.56. The Bertz CT molecular complexity index is 288. The van der Waals surface area contributed by atoms with Crippen LogP contribution in [-0.2, 0) is 0 Å². The van der Waals surface area contributed by atoms with E-state index in [4.69, 9.17) is 0 Å². The van der Waals surface area contributed by atoms with Crippen LogP contribution in [0.25, 0.3) is 0 Å². The van der Waals surface area contributed by atoms with Crippen molar-refractivity contribution in [2.24, 2.45) is 0 Å². The molecule has 0 aromatic carbocycles. The standard InChI is InChI=1S/C10H16FN3/c1-8(14(2)3)7-13-9-4-5-12-10(11)6-9/h4-6,8H,7H2,1-3H3,(H,12,13). The van der Waals surface area contributed by atoms with Crippen LogP contribution < -0.4 is 5.32 Å². The molecule has 0 aliphatic carbocycles. The van der Waals surface area contributed by atoms with E-state index in [0.717, 1.165) is 12.2 Å². The van der Waals surface area contributed by atoms with Gasteiger partial charge in [0.15, 0.2) is 0 Å². The number of pyridine rings is 1. The van der Waals surface area contributed by atoms with Crippen molar-refractivity contribution >= 4 is 5.69 Å². The molecule has 4 heteroatoms. The molecule has 1 rings (SSSR count). The molecule has 0 amide bonds. The Morgan fingerprint density at radius 1 is 1.57 bits per heavy atom. The van der Waals surface area contributed by atoms with Crippen LogP contribution in [0.2, 0.25) is 0 Å². The fourth-order valence-electron chi connectivity index (χ4n) is 0.961. The molecule has 0 aliphatic heterocycles. The highest BCUT2D eigenvalue weighted by molar-refractivity contribution is 5.41. The third kappa shape index (κ3) is 3.30. The Labute approximate surface area is 84.0 Å². The first-order valence-corrected chi connectivity index (χ1v) is 4.61. The van der Waals surface area contributed by atoms with Crippen molar-refractivity contribution in [2.75, 3.05) is 26.0 Å². The molecule has 78 valence electrons. The first-order chi connectivity index (χ1) is 6.59. The Kier molecular flexibility index (Phi) is 3.83. The average Bonchev–Trinajstić information content (AvgIpc) is 2.14. The molecule has 3 nitrogen and oxygen atoms in total. The van der Waals surface area contributed by atoms with Crippen molar-refractivity contribution in [1.82, 2.24) is 9.88 Å². The quantitative estimate of drug-likeness (QED) is 0.743. The molecular weight excluding hydrogens is 181 g/mol. The second-order valence-corrected chi connectivity index (χ2v) is 3.56. The molecule has 1 aromatic heterocycles. The van der Waals surface area contributed by atoms with Crippen LogP contribution >= 0.6 is 0 Å². The maximum atomic E-state index is 12.7. The lowest BCUT2D eigenvalue weighted by Crippen LogP contribution is -2.31. The fraction of sp³-hybridized carbons (Fsp3) is 0.500. The highest BCUT2D eigenvalue weighted by Crippen LogP contribution is 2.06. The van der Waals surface area contributed by atoms with Gasteiger partial charge in [-0.3, -0.25) is 0 Å². The van der Waals surface area contributed by atoms with E-state index in [-0.39, 0.29) is 0 Å². The third-order valence-electron chi connectivity index (χ3n) is 2.21. The molecule has 0 bridgehead atoms. The number of rotatable bonds is 4. The van der Waals surface area contributed by atoms with Gasteiger partial charge in [0, 0.05) is 30.5 Å². The van der Waals surface area contributed by atoms with Crippen molar-refractivity contribution in [2.45, 2.75) is 13.0 Å². The summed E-state index contributed by atoms with van der Waals surface area (Å²) < 4.78 is 12.7. The van der Waals surface area contributed by atoms with Crippen LogP contribution in [0.4, 0.5) is 10.1 Å². The van der Waals surface area contributed by atoms with Crippen molar-refractivity contribution in [3.05, 3.63) is 24.3 Å². The lowest BCUT2D eigenvalue weighted by atomic mass is 10.3. The number of likely N-dealkylation sites (N-methyl/N-ethyl adjacent to an activating group) is 1. The topological polar surface area (TPSA) is 28.2 Å². The van der Waals surface area contributed by atoms with Crippen molar-refractivity contribution in [3.8, 4) is 0 Å². The van der Waals surface area contributed by atoms with Gasteiger partial charge in [0.25, 0.3) is 0 Å². The first kappa shape index (κ1) is 10.9. The van der Waals surface area contributed by atoms with Gasteiger partial charge in [0.2, 0.25) is 5.95 Å². The van der Waals surface area contributed by atoms with Crippen molar-refractivity contribution < 1.29 is 4.39 Å². The summed E-state index contributed by atoms with van der Waals surface area (Å²) in [6.45, 7) is 2.89. The molecular formula is C10H16FN3. The summed E-state index contributed by atoms with van der Waals surface area (Å²) in [5.41, 5.74) is 0.770. The van der Waals surface area contributed by atoms with Gasteiger partial charge in [0.1, 0.15) is 0 Å². The van der Waals surface area contributed by atoms with E-state index in [9.17, 15) is 4.39 Å². The fourth-order valence-corrected chi connectivity index (χ4v) is 0.961. The third-order valence-corrected chi connectivity index (χ3v) is 2.21. The average molecular weight is 197 g/mol. The zero-order chi connectivity index (χ0) is 10.6. The minimum absolute atomic E-state index is 0.409. The molecule has 14 heavy (non-hydrogen) atoms. The van der Waals surface area contributed by atoms with Crippen LogP contribution in [0.15, 0.2) is 18.3 Å². The summed E-state index contributed by atoms with van der Waals surface area (Å²) in [6, 6.07) is 3.56. The molecule has 1 unspecified atom stereocenters.